The first-order valence-electron chi connectivity index (χ1n) is 8.71. The van der Waals surface area contributed by atoms with Gasteiger partial charge in [-0.25, -0.2) is 4.79 Å². The van der Waals surface area contributed by atoms with E-state index in [9.17, 15) is 9.90 Å². The Hall–Kier alpha value is -2.05. The number of carboxylic acid groups (broad SMARTS) is 1. The minimum absolute atomic E-state index is 0.222. The van der Waals surface area contributed by atoms with Crippen LogP contribution in [-0.4, -0.2) is 52.6 Å². The number of hydrogen-bond donors (Lipinski definition) is 2. The summed E-state index contributed by atoms with van der Waals surface area (Å²) in [4.78, 5) is 13.5. The molecule has 5 rings (SSSR count). The molecule has 0 amide bonds. The first kappa shape index (κ1) is 15.2. The van der Waals surface area contributed by atoms with E-state index in [4.69, 9.17) is 14.6 Å². The zero-order chi connectivity index (χ0) is 17.6. The Bertz CT molecular complexity index is 820. The van der Waals surface area contributed by atoms with Crippen LogP contribution in [0.15, 0.2) is 24.3 Å². The molecule has 2 aliphatic heterocycles. The number of likely N-dealkylation sites (tertiary alicyclic amines) is 1. The Morgan fingerprint density at radius 1 is 1.40 bits per heavy atom. The lowest BCUT2D eigenvalue weighted by atomic mass is 9.49. The molecule has 2 N–H and O–H groups in total. The summed E-state index contributed by atoms with van der Waals surface area (Å²) in [7, 11) is 2.15. The Balaban J connectivity index is 1.81. The lowest BCUT2D eigenvalue weighted by Gasteiger charge is -2.60. The highest BCUT2D eigenvalue weighted by Gasteiger charge is 2.70. The maximum Gasteiger partial charge on any atom is 0.511 e. The molecule has 0 radical (unpaired) electrons. The van der Waals surface area contributed by atoms with Crippen molar-refractivity contribution >= 4 is 6.16 Å². The van der Waals surface area contributed by atoms with E-state index < -0.39 is 17.9 Å². The van der Waals surface area contributed by atoms with Gasteiger partial charge in [0.15, 0.2) is 11.5 Å². The zero-order valence-electron chi connectivity index (χ0n) is 14.2. The third kappa shape index (κ3) is 1.60. The minimum atomic E-state index is -1.36. The highest BCUT2D eigenvalue weighted by atomic mass is 16.7. The maximum atomic E-state index is 11.1. The van der Waals surface area contributed by atoms with Gasteiger partial charge < -0.3 is 24.6 Å². The third-order valence-electron chi connectivity index (χ3n) is 6.95. The minimum Gasteiger partial charge on any atom is -0.479 e. The van der Waals surface area contributed by atoms with Gasteiger partial charge in [-0.05, 0) is 45.0 Å². The standard InChI is InChI=1S/C19H21NO5/c1-18-14(21)6-4-11-12-9-10-3-5-13(24-17(22)23)16(25-18)15(10)19(11,18)7-8-20(12)2/h3-6,11-12,14,21H,7-9H2,1-2H3,(H,22,23)/t11-,12+,14-,18-,19-/m0/s1. The monoisotopic (exact) mass is 343 g/mol. The predicted octanol–water partition coefficient (Wildman–Crippen LogP) is 1.94. The lowest BCUT2D eigenvalue weighted by molar-refractivity contribution is -0.110. The van der Waals surface area contributed by atoms with Gasteiger partial charge in [0.25, 0.3) is 0 Å². The van der Waals surface area contributed by atoms with E-state index in [1.54, 1.807) is 6.07 Å². The molecular formula is C19H21NO5. The van der Waals surface area contributed by atoms with Crippen molar-refractivity contribution in [3.8, 4) is 11.5 Å². The fraction of sp³-hybridized carbons (Fsp3) is 0.526. The van der Waals surface area contributed by atoms with Crippen molar-refractivity contribution in [2.45, 2.75) is 42.9 Å². The number of rotatable bonds is 1. The van der Waals surface area contributed by atoms with Crippen LogP contribution in [0.1, 0.15) is 24.5 Å². The third-order valence-corrected chi connectivity index (χ3v) is 6.95. The van der Waals surface area contributed by atoms with Gasteiger partial charge in [-0.2, -0.15) is 0 Å². The van der Waals surface area contributed by atoms with Gasteiger partial charge >= 0.3 is 6.16 Å². The first-order valence-corrected chi connectivity index (χ1v) is 8.71. The van der Waals surface area contributed by atoms with Crippen LogP contribution in [0.4, 0.5) is 4.79 Å². The molecule has 2 aliphatic carbocycles. The summed E-state index contributed by atoms with van der Waals surface area (Å²) in [6, 6.07) is 3.99. The van der Waals surface area contributed by atoms with Gasteiger partial charge in [-0.1, -0.05) is 18.2 Å². The summed E-state index contributed by atoms with van der Waals surface area (Å²) in [5, 5.41) is 19.9. The summed E-state index contributed by atoms with van der Waals surface area (Å²) in [6.45, 7) is 2.87. The van der Waals surface area contributed by atoms with Crippen LogP contribution in [0.2, 0.25) is 0 Å². The Morgan fingerprint density at radius 3 is 2.96 bits per heavy atom. The van der Waals surface area contributed by atoms with E-state index in [1.807, 2.05) is 19.1 Å². The van der Waals surface area contributed by atoms with Crippen molar-refractivity contribution < 1.29 is 24.5 Å². The second-order valence-corrected chi connectivity index (χ2v) is 7.83. The Morgan fingerprint density at radius 2 is 2.20 bits per heavy atom. The average Bonchev–Trinajstić information content (AvgIpc) is 2.84. The fourth-order valence-corrected chi connectivity index (χ4v) is 5.78. The Labute approximate surface area is 145 Å². The van der Waals surface area contributed by atoms with Crippen LogP contribution in [0.3, 0.4) is 0 Å². The maximum absolute atomic E-state index is 11.1. The molecule has 1 aromatic rings. The smallest absolute Gasteiger partial charge is 0.479 e. The second-order valence-electron chi connectivity index (χ2n) is 7.83. The molecule has 0 saturated carbocycles. The molecule has 1 aromatic carbocycles. The van der Waals surface area contributed by atoms with Crippen molar-refractivity contribution in [1.82, 2.24) is 4.90 Å². The highest BCUT2D eigenvalue weighted by molar-refractivity contribution is 5.68. The van der Waals surface area contributed by atoms with Crippen LogP contribution in [-0.2, 0) is 11.8 Å². The van der Waals surface area contributed by atoms with E-state index in [0.29, 0.717) is 11.8 Å². The van der Waals surface area contributed by atoms with Gasteiger partial charge in [-0.15, -0.1) is 0 Å². The molecule has 1 saturated heterocycles. The van der Waals surface area contributed by atoms with Crippen LogP contribution in [0.5, 0.6) is 11.5 Å². The molecule has 0 unspecified atom stereocenters. The molecule has 0 aromatic heterocycles. The van der Waals surface area contributed by atoms with Crippen LogP contribution in [0.25, 0.3) is 0 Å². The van der Waals surface area contributed by atoms with E-state index in [-0.39, 0.29) is 17.1 Å². The van der Waals surface area contributed by atoms with Gasteiger partial charge in [0, 0.05) is 17.5 Å². The van der Waals surface area contributed by atoms with Crippen LogP contribution in [0, 0.1) is 5.92 Å². The quantitative estimate of drug-likeness (QED) is 0.461. The number of nitrogens with zero attached hydrogens (tertiary/aromatic N) is 1. The summed E-state index contributed by atoms with van der Waals surface area (Å²) >= 11 is 0. The molecule has 5 atom stereocenters. The van der Waals surface area contributed by atoms with Crippen molar-refractivity contribution in [2.75, 3.05) is 13.6 Å². The van der Waals surface area contributed by atoms with Crippen LogP contribution >= 0.6 is 0 Å². The number of piperidine rings is 1. The van der Waals surface area contributed by atoms with E-state index >= 15 is 0 Å². The van der Waals surface area contributed by atoms with Crippen molar-refractivity contribution in [3.63, 3.8) is 0 Å². The van der Waals surface area contributed by atoms with Gasteiger partial charge in [0.1, 0.15) is 11.7 Å². The lowest BCUT2D eigenvalue weighted by Crippen LogP contribution is -2.70. The summed E-state index contributed by atoms with van der Waals surface area (Å²) in [6.07, 6.45) is 3.62. The van der Waals surface area contributed by atoms with E-state index in [0.717, 1.165) is 24.9 Å². The number of benzene rings is 1. The number of hydrogen-bond acceptors (Lipinski definition) is 5. The van der Waals surface area contributed by atoms with Crippen molar-refractivity contribution in [3.05, 3.63) is 35.4 Å². The largest absolute Gasteiger partial charge is 0.511 e. The summed E-state index contributed by atoms with van der Waals surface area (Å²) in [5.41, 5.74) is 1.05. The molecule has 132 valence electrons. The number of ether oxygens (including phenoxy) is 2. The average molecular weight is 343 g/mol. The predicted molar refractivity (Wildman–Crippen MR) is 89.2 cm³/mol. The Kier molecular flexibility index (Phi) is 2.78. The number of aliphatic hydroxyl groups is 1. The second kappa shape index (κ2) is 4.56. The highest BCUT2D eigenvalue weighted by Crippen LogP contribution is 2.66. The normalized spacial score (nSPS) is 40.4. The van der Waals surface area contributed by atoms with Gasteiger partial charge in [0.05, 0.1) is 5.41 Å². The molecule has 6 nitrogen and oxygen atoms in total. The van der Waals surface area contributed by atoms with Crippen molar-refractivity contribution in [2.24, 2.45) is 5.92 Å². The molecule has 1 spiro atoms. The number of likely N-dealkylation sites (N-methyl/N-ethyl adjacent to an activating group) is 1. The fourth-order valence-electron chi connectivity index (χ4n) is 5.78. The number of aliphatic hydroxyl groups excluding tert-OH is 1. The first-order chi connectivity index (χ1) is 11.9. The van der Waals surface area contributed by atoms with Gasteiger partial charge in [0.2, 0.25) is 0 Å². The molecule has 2 bridgehead atoms. The molecule has 6 heteroatoms. The topological polar surface area (TPSA) is 79.2 Å². The zero-order valence-corrected chi connectivity index (χ0v) is 14.2. The van der Waals surface area contributed by atoms with E-state index in [2.05, 4.69) is 18.0 Å². The summed E-state index contributed by atoms with van der Waals surface area (Å²) in [5.74, 6) is 0.950. The van der Waals surface area contributed by atoms with Crippen LogP contribution < -0.4 is 9.47 Å². The summed E-state index contributed by atoms with van der Waals surface area (Å²) < 4.78 is 11.3. The van der Waals surface area contributed by atoms with Crippen molar-refractivity contribution in [1.29, 1.82) is 0 Å². The molecular weight excluding hydrogens is 322 g/mol. The SMILES string of the molecule is CN1CC[C@]23c4c5ccc(OC(=O)O)c4O[C@@]2(C)[C@@H](O)C=C[C@H]3[C@H]1C5. The number of carbonyl (C=O) groups is 1. The molecule has 1 fully saturated rings. The van der Waals surface area contributed by atoms with Gasteiger partial charge in [-0.3, -0.25) is 0 Å². The molecule has 2 heterocycles. The molecule has 4 aliphatic rings. The van der Waals surface area contributed by atoms with E-state index in [1.165, 1.54) is 5.56 Å². The molecule has 25 heavy (non-hydrogen) atoms.